The second-order valence-corrected chi connectivity index (χ2v) is 14.9. The van der Waals surface area contributed by atoms with Crippen LogP contribution in [0.5, 0.6) is 0 Å². The van der Waals surface area contributed by atoms with E-state index in [1.165, 1.54) is 51.4 Å². The minimum absolute atomic E-state index is 0.0450. The number of nitrogens with two attached hydrogens (primary N) is 1. The Hall–Kier alpha value is -2.29. The largest absolute Gasteiger partial charge is 0.472 e. The Kier molecular flexibility index (Phi) is 37.7. The summed E-state index contributed by atoms with van der Waals surface area (Å²) in [7, 11) is -4.39. The fourth-order valence-electron chi connectivity index (χ4n) is 5.26. The van der Waals surface area contributed by atoms with Crippen molar-refractivity contribution in [2.75, 3.05) is 26.4 Å². The summed E-state index contributed by atoms with van der Waals surface area (Å²) in [6, 6.07) is 0. The summed E-state index contributed by atoms with van der Waals surface area (Å²) in [6.07, 6.45) is 45.3. The van der Waals surface area contributed by atoms with Crippen LogP contribution < -0.4 is 5.73 Å². The standard InChI is InChI=1S/C43H76NO8P/c1-3-5-7-9-11-13-15-17-19-20-22-23-25-27-29-31-33-35-42(45)49-39-41(40-51-53(47,48)50-38-37-44)52-43(46)36-34-32-30-28-26-24-21-18-16-14-12-10-8-6-4-2/h11-14,17-19,21-23,41H,3-10,15-16,20,24-40,44H2,1-2H3,(H,47,48)/t41-/m1/s1. The van der Waals surface area contributed by atoms with Crippen LogP contribution >= 0.6 is 7.82 Å². The van der Waals surface area contributed by atoms with Crippen molar-refractivity contribution >= 4 is 19.8 Å². The molecule has 0 aromatic heterocycles. The number of hydrogen-bond donors (Lipinski definition) is 2. The topological polar surface area (TPSA) is 134 Å². The average molecular weight is 766 g/mol. The minimum Gasteiger partial charge on any atom is -0.462 e. The molecule has 0 rings (SSSR count). The van der Waals surface area contributed by atoms with Gasteiger partial charge in [-0.2, -0.15) is 0 Å². The van der Waals surface area contributed by atoms with Crippen LogP contribution in [-0.4, -0.2) is 49.3 Å². The number of esters is 2. The molecule has 1 unspecified atom stereocenters. The first-order chi connectivity index (χ1) is 25.8. The van der Waals surface area contributed by atoms with Crippen LogP contribution in [-0.2, 0) is 32.7 Å². The molecule has 0 fully saturated rings. The highest BCUT2D eigenvalue weighted by Gasteiger charge is 2.25. The second-order valence-electron chi connectivity index (χ2n) is 13.5. The summed E-state index contributed by atoms with van der Waals surface area (Å²) < 4.78 is 32.7. The third kappa shape index (κ3) is 39.2. The number of allylic oxidation sites excluding steroid dienone is 10. The maximum Gasteiger partial charge on any atom is 0.472 e. The van der Waals surface area contributed by atoms with Gasteiger partial charge in [-0.25, -0.2) is 4.57 Å². The summed E-state index contributed by atoms with van der Waals surface area (Å²) in [5.41, 5.74) is 5.34. The average Bonchev–Trinajstić information content (AvgIpc) is 3.14. The molecule has 3 N–H and O–H groups in total. The molecule has 0 saturated carbocycles. The molecule has 0 aliphatic rings. The van der Waals surface area contributed by atoms with Gasteiger partial charge in [0, 0.05) is 19.4 Å². The highest BCUT2D eigenvalue weighted by atomic mass is 31.2. The monoisotopic (exact) mass is 766 g/mol. The van der Waals surface area contributed by atoms with Crippen LogP contribution in [0.1, 0.15) is 168 Å². The first-order valence-corrected chi connectivity index (χ1v) is 22.3. The SMILES string of the molecule is CCCCCC=CCC=CCC=CCCCCCCC(=O)OC[C@H](COP(=O)(O)OCCN)OC(=O)CCCCCCCC=CCC=CCCCCC. The molecule has 0 heterocycles. The van der Waals surface area contributed by atoms with E-state index in [2.05, 4.69) is 74.6 Å². The van der Waals surface area contributed by atoms with Crippen LogP contribution in [0.25, 0.3) is 0 Å². The van der Waals surface area contributed by atoms with Crippen LogP contribution in [0, 0.1) is 0 Å². The van der Waals surface area contributed by atoms with Crippen molar-refractivity contribution in [3.63, 3.8) is 0 Å². The minimum atomic E-state index is -4.39. The van der Waals surface area contributed by atoms with Crippen molar-refractivity contribution in [1.82, 2.24) is 0 Å². The highest BCUT2D eigenvalue weighted by molar-refractivity contribution is 7.47. The van der Waals surface area contributed by atoms with Crippen molar-refractivity contribution in [3.05, 3.63) is 60.8 Å². The van der Waals surface area contributed by atoms with E-state index in [-0.39, 0.29) is 32.6 Å². The lowest BCUT2D eigenvalue weighted by atomic mass is 10.1. The van der Waals surface area contributed by atoms with E-state index in [1.54, 1.807) is 0 Å². The maximum absolute atomic E-state index is 12.6. The van der Waals surface area contributed by atoms with Gasteiger partial charge in [0.05, 0.1) is 13.2 Å². The molecule has 0 aromatic rings. The lowest BCUT2D eigenvalue weighted by molar-refractivity contribution is -0.161. The van der Waals surface area contributed by atoms with Gasteiger partial charge in [-0.3, -0.25) is 18.6 Å². The van der Waals surface area contributed by atoms with E-state index in [0.29, 0.717) is 12.8 Å². The molecule has 0 radical (unpaired) electrons. The lowest BCUT2D eigenvalue weighted by Gasteiger charge is -2.19. The zero-order chi connectivity index (χ0) is 38.9. The number of phosphoric acid groups is 1. The van der Waals surface area contributed by atoms with E-state index >= 15 is 0 Å². The van der Waals surface area contributed by atoms with Gasteiger partial charge < -0.3 is 20.1 Å². The van der Waals surface area contributed by atoms with Crippen LogP contribution in [0.4, 0.5) is 0 Å². The van der Waals surface area contributed by atoms with E-state index in [9.17, 15) is 19.0 Å². The first kappa shape index (κ1) is 50.7. The van der Waals surface area contributed by atoms with E-state index in [4.69, 9.17) is 24.3 Å². The van der Waals surface area contributed by atoms with Crippen molar-refractivity contribution in [1.29, 1.82) is 0 Å². The highest BCUT2D eigenvalue weighted by Crippen LogP contribution is 2.43. The second kappa shape index (κ2) is 39.4. The van der Waals surface area contributed by atoms with Gasteiger partial charge in [0.1, 0.15) is 6.61 Å². The van der Waals surface area contributed by atoms with Gasteiger partial charge in [-0.1, -0.05) is 132 Å². The number of carbonyl (C=O) groups excluding carboxylic acids is 2. The maximum atomic E-state index is 12.6. The van der Waals surface area contributed by atoms with E-state index in [1.807, 2.05) is 0 Å². The molecule has 0 aromatic carbocycles. The van der Waals surface area contributed by atoms with Gasteiger partial charge in [0.2, 0.25) is 0 Å². The summed E-state index contributed by atoms with van der Waals surface area (Å²) in [5.74, 6) is -0.875. The fourth-order valence-corrected chi connectivity index (χ4v) is 6.02. The lowest BCUT2D eigenvalue weighted by Crippen LogP contribution is -2.29. The Labute approximate surface area is 323 Å². The number of phosphoric ester groups is 1. The molecule has 10 heteroatoms. The number of unbranched alkanes of at least 4 members (excludes halogenated alkanes) is 15. The third-order valence-electron chi connectivity index (χ3n) is 8.38. The van der Waals surface area contributed by atoms with Crippen LogP contribution in [0.2, 0.25) is 0 Å². The van der Waals surface area contributed by atoms with Crippen molar-refractivity contribution < 1.29 is 37.6 Å². The molecule has 9 nitrogen and oxygen atoms in total. The Bertz CT molecular complexity index is 1050. The summed E-state index contributed by atoms with van der Waals surface area (Å²) in [6.45, 7) is 3.62. The molecule has 0 amide bonds. The summed E-state index contributed by atoms with van der Waals surface area (Å²) in [5, 5.41) is 0. The molecule has 0 spiro atoms. The van der Waals surface area contributed by atoms with Gasteiger partial charge in [0.25, 0.3) is 0 Å². The molecule has 53 heavy (non-hydrogen) atoms. The molecule has 0 saturated heterocycles. The van der Waals surface area contributed by atoms with Crippen molar-refractivity contribution in [3.8, 4) is 0 Å². The van der Waals surface area contributed by atoms with E-state index < -0.39 is 32.5 Å². The smallest absolute Gasteiger partial charge is 0.462 e. The third-order valence-corrected chi connectivity index (χ3v) is 9.36. The van der Waals surface area contributed by atoms with E-state index in [0.717, 1.165) is 77.0 Å². The predicted octanol–water partition coefficient (Wildman–Crippen LogP) is 11.7. The number of rotatable bonds is 38. The normalized spacial score (nSPS) is 14.0. The zero-order valence-electron chi connectivity index (χ0n) is 33.5. The quantitative estimate of drug-likeness (QED) is 0.0272. The van der Waals surface area contributed by atoms with Gasteiger partial charge >= 0.3 is 19.8 Å². The molecule has 306 valence electrons. The first-order valence-electron chi connectivity index (χ1n) is 20.8. The van der Waals surface area contributed by atoms with Crippen LogP contribution in [0.3, 0.4) is 0 Å². The number of carbonyl (C=O) groups is 2. The van der Waals surface area contributed by atoms with Gasteiger partial charge in [-0.05, 0) is 83.5 Å². The number of ether oxygens (including phenoxy) is 2. The van der Waals surface area contributed by atoms with Gasteiger partial charge in [-0.15, -0.1) is 0 Å². The molecule has 2 atom stereocenters. The molecule has 0 aliphatic heterocycles. The number of hydrogen-bond acceptors (Lipinski definition) is 8. The fraction of sp³-hybridized carbons (Fsp3) is 0.721. The molecule has 0 bridgehead atoms. The summed E-state index contributed by atoms with van der Waals surface area (Å²) >= 11 is 0. The zero-order valence-corrected chi connectivity index (χ0v) is 34.4. The summed E-state index contributed by atoms with van der Waals surface area (Å²) in [4.78, 5) is 34.8. The van der Waals surface area contributed by atoms with Crippen LogP contribution in [0.15, 0.2) is 60.8 Å². The predicted molar refractivity (Wildman–Crippen MR) is 219 cm³/mol. The van der Waals surface area contributed by atoms with Crippen molar-refractivity contribution in [2.24, 2.45) is 5.73 Å². The Morgan fingerprint density at radius 3 is 1.45 bits per heavy atom. The Morgan fingerprint density at radius 2 is 0.981 bits per heavy atom. The van der Waals surface area contributed by atoms with Gasteiger partial charge in [0.15, 0.2) is 6.10 Å². The Balaban J connectivity index is 4.26. The van der Waals surface area contributed by atoms with Crippen molar-refractivity contribution in [2.45, 2.75) is 174 Å². The molecular weight excluding hydrogens is 689 g/mol. The molecule has 0 aliphatic carbocycles. The molecular formula is C43H76NO8P. The Morgan fingerprint density at radius 1 is 0.566 bits per heavy atom.